The second-order valence-electron chi connectivity index (χ2n) is 7.30. The average Bonchev–Trinajstić information content (AvgIpc) is 2.82. The molecule has 3 rings (SSSR count). The van der Waals surface area contributed by atoms with Gasteiger partial charge in [-0.05, 0) is 42.3 Å². The number of carbonyl (C=O) groups is 1. The van der Waals surface area contributed by atoms with Crippen molar-refractivity contribution in [2.45, 2.75) is 13.3 Å². The number of halogens is 2. The van der Waals surface area contributed by atoms with E-state index in [1.807, 2.05) is 19.1 Å². The van der Waals surface area contributed by atoms with Crippen LogP contribution in [0.1, 0.15) is 18.1 Å². The molecule has 0 bridgehead atoms. The van der Waals surface area contributed by atoms with Gasteiger partial charge >= 0.3 is 5.69 Å². The van der Waals surface area contributed by atoms with E-state index in [2.05, 4.69) is 26.2 Å². The summed E-state index contributed by atoms with van der Waals surface area (Å²) >= 11 is 10.4. The lowest BCUT2D eigenvalue weighted by atomic mass is 10.1. The standard InChI is InChI=1S/C23H22BrClN4O4S/c1-4-13-5-8-15(9-6-13)26-20(19-21(31)28(2)23(33)29(3)22(19)32)34-12-18(30)27-17-10-7-14(24)11-16(17)25/h5-11,31H,4,12H2,1-3H3,(H,27,30). The number of amides is 1. The molecule has 0 aliphatic carbocycles. The molecule has 34 heavy (non-hydrogen) atoms. The van der Waals surface area contributed by atoms with Crippen LogP contribution >= 0.6 is 39.3 Å². The molecule has 0 saturated heterocycles. The van der Waals surface area contributed by atoms with Crippen LogP contribution in [0.3, 0.4) is 0 Å². The molecule has 2 aromatic carbocycles. The number of nitrogens with one attached hydrogen (secondary N) is 1. The van der Waals surface area contributed by atoms with Crippen molar-refractivity contribution in [2.24, 2.45) is 19.1 Å². The highest BCUT2D eigenvalue weighted by atomic mass is 79.9. The largest absolute Gasteiger partial charge is 0.494 e. The van der Waals surface area contributed by atoms with E-state index in [9.17, 15) is 19.5 Å². The second-order valence-corrected chi connectivity index (χ2v) is 9.59. The van der Waals surface area contributed by atoms with Crippen LogP contribution in [0.15, 0.2) is 61.5 Å². The van der Waals surface area contributed by atoms with Crippen LogP contribution in [0.2, 0.25) is 5.02 Å². The Kier molecular flexibility index (Phi) is 8.40. The Morgan fingerprint density at radius 2 is 1.82 bits per heavy atom. The number of nitrogens with zero attached hydrogens (tertiary/aromatic N) is 3. The quantitative estimate of drug-likeness (QED) is 0.344. The normalized spacial score (nSPS) is 11.5. The fourth-order valence-electron chi connectivity index (χ4n) is 3.02. The predicted molar refractivity (Wildman–Crippen MR) is 141 cm³/mol. The summed E-state index contributed by atoms with van der Waals surface area (Å²) in [7, 11) is 2.66. The minimum absolute atomic E-state index is 0.106. The Labute approximate surface area is 213 Å². The summed E-state index contributed by atoms with van der Waals surface area (Å²) in [6.07, 6.45) is 0.854. The monoisotopic (exact) mass is 564 g/mol. The Morgan fingerprint density at radius 1 is 1.15 bits per heavy atom. The summed E-state index contributed by atoms with van der Waals surface area (Å²) in [5, 5.41) is 13.8. The summed E-state index contributed by atoms with van der Waals surface area (Å²) in [6, 6.07) is 12.4. The molecule has 1 aromatic heterocycles. The van der Waals surface area contributed by atoms with Crippen LogP contribution in [0, 0.1) is 0 Å². The molecular formula is C23H22BrClN4O4S. The van der Waals surface area contributed by atoms with E-state index in [-0.39, 0.29) is 22.3 Å². The van der Waals surface area contributed by atoms with Crippen molar-refractivity contribution in [1.82, 2.24) is 9.13 Å². The highest BCUT2D eigenvalue weighted by molar-refractivity contribution is 9.10. The molecule has 0 aliphatic heterocycles. The number of rotatable bonds is 6. The number of aromatic hydroxyl groups is 1. The molecule has 3 aromatic rings. The fourth-order valence-corrected chi connectivity index (χ4v) is 4.57. The number of aryl methyl sites for hydroxylation is 1. The lowest BCUT2D eigenvalue weighted by Crippen LogP contribution is -2.39. The van der Waals surface area contributed by atoms with E-state index in [0.717, 1.165) is 37.4 Å². The zero-order chi connectivity index (χ0) is 25.0. The maximum absolute atomic E-state index is 12.9. The van der Waals surface area contributed by atoms with Gasteiger partial charge in [0, 0.05) is 18.6 Å². The number of hydrogen-bond donors (Lipinski definition) is 2. The Hall–Kier alpha value is -2.82. The number of aromatic nitrogens is 2. The van der Waals surface area contributed by atoms with Gasteiger partial charge in [-0.15, -0.1) is 0 Å². The van der Waals surface area contributed by atoms with Crippen molar-refractivity contribution < 1.29 is 9.90 Å². The average molecular weight is 566 g/mol. The fraction of sp³-hybridized carbons (Fsp3) is 0.217. The molecule has 1 heterocycles. The minimum atomic E-state index is -0.714. The van der Waals surface area contributed by atoms with Crippen molar-refractivity contribution >= 4 is 61.6 Å². The molecule has 0 spiro atoms. The van der Waals surface area contributed by atoms with Gasteiger partial charge in [0.2, 0.25) is 11.8 Å². The van der Waals surface area contributed by atoms with Gasteiger partial charge in [0.05, 0.1) is 22.2 Å². The van der Waals surface area contributed by atoms with Gasteiger partial charge in [0.1, 0.15) is 10.6 Å². The summed E-state index contributed by atoms with van der Waals surface area (Å²) < 4.78 is 2.61. The van der Waals surface area contributed by atoms with E-state index in [1.54, 1.807) is 30.3 Å². The third-order valence-corrected chi connectivity index (χ3v) is 6.75. The molecule has 11 heteroatoms. The summed E-state index contributed by atoms with van der Waals surface area (Å²) in [6.45, 7) is 2.03. The molecular weight excluding hydrogens is 544 g/mol. The third kappa shape index (κ3) is 5.81. The van der Waals surface area contributed by atoms with E-state index in [1.165, 1.54) is 14.1 Å². The van der Waals surface area contributed by atoms with Crippen LogP contribution in [0.5, 0.6) is 5.88 Å². The molecule has 0 aliphatic rings. The number of anilines is 1. The zero-order valence-electron chi connectivity index (χ0n) is 18.6. The lowest BCUT2D eigenvalue weighted by molar-refractivity contribution is -0.113. The van der Waals surface area contributed by atoms with Crippen molar-refractivity contribution in [1.29, 1.82) is 0 Å². The first-order valence-corrected chi connectivity index (χ1v) is 12.3. The second kappa shape index (κ2) is 11.1. The van der Waals surface area contributed by atoms with Crippen LogP contribution < -0.4 is 16.6 Å². The molecule has 1 amide bonds. The van der Waals surface area contributed by atoms with E-state index < -0.39 is 17.1 Å². The minimum Gasteiger partial charge on any atom is -0.494 e. The molecule has 178 valence electrons. The third-order valence-electron chi connectivity index (χ3n) is 4.97. The number of aliphatic imine (C=N–C) groups is 1. The zero-order valence-corrected chi connectivity index (χ0v) is 21.8. The van der Waals surface area contributed by atoms with Gasteiger partial charge in [-0.3, -0.25) is 18.7 Å². The molecule has 0 atom stereocenters. The molecule has 0 radical (unpaired) electrons. The SMILES string of the molecule is CCc1ccc(N=C(SCC(=O)Nc2ccc(Br)cc2Cl)c2c(O)n(C)c(=O)n(C)c2=O)cc1. The number of thioether (sulfide) groups is 1. The number of hydrogen-bond acceptors (Lipinski definition) is 6. The van der Waals surface area contributed by atoms with Gasteiger partial charge in [0.25, 0.3) is 5.56 Å². The van der Waals surface area contributed by atoms with E-state index in [4.69, 9.17) is 11.6 Å². The van der Waals surface area contributed by atoms with Gasteiger partial charge in [-0.1, -0.05) is 58.3 Å². The maximum Gasteiger partial charge on any atom is 0.333 e. The first-order valence-electron chi connectivity index (χ1n) is 10.2. The van der Waals surface area contributed by atoms with Crippen molar-refractivity contribution in [2.75, 3.05) is 11.1 Å². The highest BCUT2D eigenvalue weighted by Gasteiger charge is 2.22. The summed E-state index contributed by atoms with van der Waals surface area (Å²) in [5.74, 6) is -1.03. The van der Waals surface area contributed by atoms with Crippen molar-refractivity contribution in [3.05, 3.63) is 83.9 Å². The first kappa shape index (κ1) is 25.8. The number of benzene rings is 2. The topological polar surface area (TPSA) is 106 Å². The molecule has 8 nitrogen and oxygen atoms in total. The first-order chi connectivity index (χ1) is 16.1. The van der Waals surface area contributed by atoms with Gasteiger partial charge in [0.15, 0.2) is 0 Å². The van der Waals surface area contributed by atoms with E-state index in [0.29, 0.717) is 16.4 Å². The predicted octanol–water partition coefficient (Wildman–Crippen LogP) is 4.22. The van der Waals surface area contributed by atoms with Crippen molar-refractivity contribution in [3.63, 3.8) is 0 Å². The summed E-state index contributed by atoms with van der Waals surface area (Å²) in [4.78, 5) is 42.2. The smallest absolute Gasteiger partial charge is 0.333 e. The Balaban J connectivity index is 1.97. The highest BCUT2D eigenvalue weighted by Crippen LogP contribution is 2.27. The molecule has 0 saturated carbocycles. The van der Waals surface area contributed by atoms with Crippen LogP contribution in [-0.2, 0) is 25.3 Å². The van der Waals surface area contributed by atoms with Crippen LogP contribution in [0.25, 0.3) is 0 Å². The number of carbonyl (C=O) groups excluding carboxylic acids is 1. The van der Waals surface area contributed by atoms with Gasteiger partial charge < -0.3 is 10.4 Å². The van der Waals surface area contributed by atoms with Gasteiger partial charge in [-0.2, -0.15) is 0 Å². The Morgan fingerprint density at radius 3 is 2.44 bits per heavy atom. The Bertz CT molecular complexity index is 1380. The molecule has 2 N–H and O–H groups in total. The lowest BCUT2D eigenvalue weighted by Gasteiger charge is -2.13. The van der Waals surface area contributed by atoms with Crippen LogP contribution in [0.4, 0.5) is 11.4 Å². The maximum atomic E-state index is 12.9. The van der Waals surface area contributed by atoms with Crippen LogP contribution in [-0.4, -0.2) is 30.9 Å². The van der Waals surface area contributed by atoms with E-state index >= 15 is 0 Å². The summed E-state index contributed by atoms with van der Waals surface area (Å²) in [5.41, 5.74) is 0.527. The van der Waals surface area contributed by atoms with Gasteiger partial charge in [-0.25, -0.2) is 9.79 Å². The molecule has 0 fully saturated rings. The molecule has 0 unspecified atom stereocenters. The van der Waals surface area contributed by atoms with Crippen molar-refractivity contribution in [3.8, 4) is 5.88 Å².